The van der Waals surface area contributed by atoms with E-state index in [0.29, 0.717) is 12.2 Å². The van der Waals surface area contributed by atoms with Crippen molar-refractivity contribution in [3.05, 3.63) is 30.9 Å². The highest BCUT2D eigenvalue weighted by Gasteiger charge is 2.03. The highest BCUT2D eigenvalue weighted by molar-refractivity contribution is 5.75. The van der Waals surface area contributed by atoms with E-state index < -0.39 is 6.03 Å². The summed E-state index contributed by atoms with van der Waals surface area (Å²) >= 11 is 0. The number of hydrogen-bond acceptors (Lipinski definition) is 2. The molecule has 0 aliphatic carbocycles. The van der Waals surface area contributed by atoms with E-state index in [9.17, 15) is 4.79 Å². The standard InChI is InChI=1S/C7H9N3O/c1-2-3-6-9-4-5-10(6)7(8)11/h2,4-5H,1,3H2,(H2,8,11). The second kappa shape index (κ2) is 3.01. The Morgan fingerprint density at radius 3 is 3.18 bits per heavy atom. The van der Waals surface area contributed by atoms with Crippen LogP contribution in [0.4, 0.5) is 4.79 Å². The van der Waals surface area contributed by atoms with Gasteiger partial charge in [0.1, 0.15) is 5.82 Å². The molecule has 4 heteroatoms. The number of nitrogens with zero attached hydrogens (tertiary/aromatic N) is 2. The van der Waals surface area contributed by atoms with Crippen LogP contribution in [0.25, 0.3) is 0 Å². The smallest absolute Gasteiger partial charge is 0.324 e. The van der Waals surface area contributed by atoms with Crippen molar-refractivity contribution < 1.29 is 4.79 Å². The number of carbonyl (C=O) groups excluding carboxylic acids is 1. The molecule has 11 heavy (non-hydrogen) atoms. The predicted molar refractivity (Wildman–Crippen MR) is 41.1 cm³/mol. The van der Waals surface area contributed by atoms with Crippen LogP contribution in [0.2, 0.25) is 0 Å². The monoisotopic (exact) mass is 151 g/mol. The van der Waals surface area contributed by atoms with Crippen LogP contribution in [0.1, 0.15) is 5.82 Å². The minimum absolute atomic E-state index is 0.514. The van der Waals surface area contributed by atoms with Crippen LogP contribution < -0.4 is 5.73 Å². The Balaban J connectivity index is 2.95. The number of primary amides is 1. The molecule has 58 valence electrons. The lowest BCUT2D eigenvalue weighted by Crippen LogP contribution is -2.20. The van der Waals surface area contributed by atoms with E-state index in [0.717, 1.165) is 0 Å². The van der Waals surface area contributed by atoms with Gasteiger partial charge in [-0.15, -0.1) is 6.58 Å². The van der Waals surface area contributed by atoms with Crippen molar-refractivity contribution in [3.8, 4) is 0 Å². The molecule has 4 nitrogen and oxygen atoms in total. The van der Waals surface area contributed by atoms with E-state index in [-0.39, 0.29) is 0 Å². The Hall–Kier alpha value is -1.58. The third-order valence-electron chi connectivity index (χ3n) is 1.28. The van der Waals surface area contributed by atoms with Crippen molar-refractivity contribution in [1.82, 2.24) is 9.55 Å². The molecule has 0 unspecified atom stereocenters. The van der Waals surface area contributed by atoms with Crippen LogP contribution in [-0.4, -0.2) is 15.6 Å². The molecule has 1 aromatic heterocycles. The van der Waals surface area contributed by atoms with Gasteiger partial charge in [0.25, 0.3) is 0 Å². The zero-order valence-electron chi connectivity index (χ0n) is 6.03. The number of nitrogens with two attached hydrogens (primary N) is 1. The largest absolute Gasteiger partial charge is 0.351 e. The number of carbonyl (C=O) groups is 1. The molecule has 1 rings (SSSR count). The topological polar surface area (TPSA) is 60.9 Å². The Labute approximate surface area is 64.3 Å². The first-order chi connectivity index (χ1) is 5.25. The van der Waals surface area contributed by atoms with E-state index >= 15 is 0 Å². The van der Waals surface area contributed by atoms with Gasteiger partial charge in [0, 0.05) is 18.8 Å². The van der Waals surface area contributed by atoms with Crippen molar-refractivity contribution in [3.63, 3.8) is 0 Å². The average molecular weight is 151 g/mol. The van der Waals surface area contributed by atoms with Gasteiger partial charge in [-0.2, -0.15) is 0 Å². The molecule has 1 aromatic rings. The lowest BCUT2D eigenvalue weighted by Gasteiger charge is -1.98. The maximum atomic E-state index is 10.7. The molecule has 2 N–H and O–H groups in total. The SMILES string of the molecule is C=CCc1nccn1C(N)=O. The number of aromatic nitrogens is 2. The first-order valence-corrected chi connectivity index (χ1v) is 3.18. The van der Waals surface area contributed by atoms with Gasteiger partial charge >= 0.3 is 6.03 Å². The second-order valence-corrected chi connectivity index (χ2v) is 2.04. The van der Waals surface area contributed by atoms with E-state index in [1.165, 1.54) is 17.0 Å². The summed E-state index contributed by atoms with van der Waals surface area (Å²) in [6.45, 7) is 3.53. The van der Waals surface area contributed by atoms with E-state index in [2.05, 4.69) is 11.6 Å². The summed E-state index contributed by atoms with van der Waals surface area (Å²) in [5.74, 6) is 0.618. The molecule has 1 amide bonds. The number of hydrogen-bond donors (Lipinski definition) is 1. The molecule has 0 aromatic carbocycles. The maximum Gasteiger partial charge on any atom is 0.324 e. The first kappa shape index (κ1) is 7.53. The van der Waals surface area contributed by atoms with Crippen LogP contribution >= 0.6 is 0 Å². The van der Waals surface area contributed by atoms with Crippen molar-refractivity contribution in [2.45, 2.75) is 6.42 Å². The van der Waals surface area contributed by atoms with Crippen LogP contribution in [-0.2, 0) is 6.42 Å². The van der Waals surface area contributed by atoms with E-state index in [1.807, 2.05) is 0 Å². The van der Waals surface area contributed by atoms with Gasteiger partial charge in [-0.25, -0.2) is 9.78 Å². The number of allylic oxidation sites excluding steroid dienone is 1. The Bertz CT molecular complexity index is 277. The molecular formula is C7H9N3O. The lowest BCUT2D eigenvalue weighted by molar-refractivity contribution is 0.250. The molecule has 0 spiro atoms. The molecule has 0 bridgehead atoms. The number of amides is 1. The summed E-state index contributed by atoms with van der Waals surface area (Å²) in [4.78, 5) is 14.6. The molecule has 0 saturated heterocycles. The number of rotatable bonds is 2. The Kier molecular flexibility index (Phi) is 2.06. The van der Waals surface area contributed by atoms with Crippen molar-refractivity contribution in [2.75, 3.05) is 0 Å². The van der Waals surface area contributed by atoms with E-state index in [1.54, 1.807) is 6.08 Å². The highest BCUT2D eigenvalue weighted by Crippen LogP contribution is 1.97. The summed E-state index contributed by atoms with van der Waals surface area (Å²) in [5.41, 5.74) is 5.04. The lowest BCUT2D eigenvalue weighted by atomic mass is 10.4. The molecule has 0 saturated carbocycles. The maximum absolute atomic E-state index is 10.7. The van der Waals surface area contributed by atoms with Crippen LogP contribution in [0.5, 0.6) is 0 Å². The van der Waals surface area contributed by atoms with Gasteiger partial charge in [0.05, 0.1) is 0 Å². The molecule has 0 radical (unpaired) electrons. The quantitative estimate of drug-likeness (QED) is 0.627. The summed E-state index contributed by atoms with van der Waals surface area (Å²) in [6, 6.07) is -0.514. The fourth-order valence-electron chi connectivity index (χ4n) is 0.815. The van der Waals surface area contributed by atoms with Crippen molar-refractivity contribution >= 4 is 6.03 Å². The van der Waals surface area contributed by atoms with Crippen molar-refractivity contribution in [1.29, 1.82) is 0 Å². The third kappa shape index (κ3) is 1.46. The third-order valence-corrected chi connectivity index (χ3v) is 1.28. The number of imidazole rings is 1. The predicted octanol–water partition coefficient (Wildman–Crippen LogP) is 0.538. The van der Waals surface area contributed by atoms with Crippen molar-refractivity contribution in [2.24, 2.45) is 5.73 Å². The molecule has 0 atom stereocenters. The normalized spacial score (nSPS) is 9.45. The van der Waals surface area contributed by atoms with Gasteiger partial charge < -0.3 is 5.73 Å². The van der Waals surface area contributed by atoms with Gasteiger partial charge in [-0.05, 0) is 0 Å². The zero-order chi connectivity index (χ0) is 8.27. The Morgan fingerprint density at radius 1 is 1.91 bits per heavy atom. The Morgan fingerprint density at radius 2 is 2.64 bits per heavy atom. The fraction of sp³-hybridized carbons (Fsp3) is 0.143. The summed E-state index contributed by atoms with van der Waals surface area (Å²) in [5, 5.41) is 0. The van der Waals surface area contributed by atoms with Crippen LogP contribution in [0.3, 0.4) is 0 Å². The summed E-state index contributed by atoms with van der Waals surface area (Å²) in [6.07, 6.45) is 5.28. The molecule has 0 aliphatic rings. The molecule has 0 aliphatic heterocycles. The van der Waals surface area contributed by atoms with Gasteiger partial charge in [-0.1, -0.05) is 6.08 Å². The highest BCUT2D eigenvalue weighted by atomic mass is 16.2. The van der Waals surface area contributed by atoms with Crippen LogP contribution in [0.15, 0.2) is 25.0 Å². The summed E-state index contributed by atoms with van der Waals surface area (Å²) in [7, 11) is 0. The zero-order valence-corrected chi connectivity index (χ0v) is 6.03. The molecule has 0 fully saturated rings. The van der Waals surface area contributed by atoms with Crippen LogP contribution in [0, 0.1) is 0 Å². The average Bonchev–Trinajstić information content (AvgIpc) is 2.36. The summed E-state index contributed by atoms with van der Waals surface area (Å²) < 4.78 is 1.29. The van der Waals surface area contributed by atoms with E-state index in [4.69, 9.17) is 5.73 Å². The minimum Gasteiger partial charge on any atom is -0.351 e. The minimum atomic E-state index is -0.514. The van der Waals surface area contributed by atoms with Gasteiger partial charge in [0.15, 0.2) is 0 Å². The first-order valence-electron chi connectivity index (χ1n) is 3.18. The fourth-order valence-corrected chi connectivity index (χ4v) is 0.815. The molecular weight excluding hydrogens is 142 g/mol. The van der Waals surface area contributed by atoms with Gasteiger partial charge in [0.2, 0.25) is 0 Å². The molecule has 1 heterocycles. The second-order valence-electron chi connectivity index (χ2n) is 2.04. The van der Waals surface area contributed by atoms with Gasteiger partial charge in [-0.3, -0.25) is 4.57 Å².